The molecular formula is C20H14FN3O2. The van der Waals surface area contributed by atoms with Crippen LogP contribution in [0, 0.1) is 12.7 Å². The third kappa shape index (κ3) is 3.04. The quantitative estimate of drug-likeness (QED) is 0.588. The van der Waals surface area contributed by atoms with Crippen molar-refractivity contribution in [2.45, 2.75) is 6.92 Å². The van der Waals surface area contributed by atoms with E-state index in [2.05, 4.69) is 15.5 Å². The summed E-state index contributed by atoms with van der Waals surface area (Å²) in [6, 6.07) is 15.3. The number of nitrogens with zero attached hydrogens (tertiary/aromatic N) is 2. The van der Waals surface area contributed by atoms with Crippen LogP contribution in [-0.2, 0) is 0 Å². The molecule has 1 amide bonds. The van der Waals surface area contributed by atoms with Crippen molar-refractivity contribution in [2.75, 3.05) is 5.32 Å². The molecule has 2 aromatic carbocycles. The number of amides is 1. The SMILES string of the molecule is Cc1cc(-c2ccc3cc(F)ccc3n2)ccc1NC(=O)c1ccno1. The molecule has 26 heavy (non-hydrogen) atoms. The summed E-state index contributed by atoms with van der Waals surface area (Å²) >= 11 is 0. The average molecular weight is 347 g/mol. The van der Waals surface area contributed by atoms with Gasteiger partial charge in [0.25, 0.3) is 5.91 Å². The number of hydrogen-bond acceptors (Lipinski definition) is 4. The molecule has 0 aliphatic heterocycles. The Hall–Kier alpha value is -3.54. The lowest BCUT2D eigenvalue weighted by Gasteiger charge is -2.10. The average Bonchev–Trinajstić information content (AvgIpc) is 3.18. The van der Waals surface area contributed by atoms with Crippen LogP contribution in [0.15, 0.2) is 65.3 Å². The molecule has 128 valence electrons. The van der Waals surface area contributed by atoms with Gasteiger partial charge in [0.2, 0.25) is 5.76 Å². The van der Waals surface area contributed by atoms with Crippen LogP contribution >= 0.6 is 0 Å². The molecule has 0 saturated heterocycles. The Balaban J connectivity index is 1.63. The van der Waals surface area contributed by atoms with Gasteiger partial charge in [-0.25, -0.2) is 9.37 Å². The van der Waals surface area contributed by atoms with Gasteiger partial charge in [0.15, 0.2) is 0 Å². The molecule has 0 radical (unpaired) electrons. The summed E-state index contributed by atoms with van der Waals surface area (Å²) in [6.45, 7) is 1.90. The minimum absolute atomic E-state index is 0.150. The lowest BCUT2D eigenvalue weighted by Crippen LogP contribution is -2.11. The molecule has 0 fully saturated rings. The minimum Gasteiger partial charge on any atom is -0.351 e. The number of pyridine rings is 1. The van der Waals surface area contributed by atoms with Gasteiger partial charge in [-0.1, -0.05) is 17.3 Å². The third-order valence-corrected chi connectivity index (χ3v) is 4.08. The maximum Gasteiger partial charge on any atom is 0.294 e. The van der Waals surface area contributed by atoms with Crippen LogP contribution in [0.5, 0.6) is 0 Å². The first kappa shape index (κ1) is 16.0. The predicted octanol–water partition coefficient (Wildman–Crippen LogP) is 4.59. The monoisotopic (exact) mass is 347 g/mol. The number of anilines is 1. The molecule has 0 spiro atoms. The second-order valence-corrected chi connectivity index (χ2v) is 5.89. The Kier molecular flexibility index (Phi) is 3.93. The number of aryl methyl sites for hydroxylation is 1. The van der Waals surface area contributed by atoms with Gasteiger partial charge >= 0.3 is 0 Å². The number of carbonyl (C=O) groups excluding carboxylic acids is 1. The number of benzene rings is 2. The van der Waals surface area contributed by atoms with E-state index in [1.54, 1.807) is 6.07 Å². The first-order valence-electron chi connectivity index (χ1n) is 7.99. The van der Waals surface area contributed by atoms with Crippen molar-refractivity contribution in [1.29, 1.82) is 0 Å². The summed E-state index contributed by atoms with van der Waals surface area (Å²) in [5.74, 6) is -0.490. The standard InChI is InChI=1S/C20H14FN3O2/c1-12-10-13(2-5-16(12)24-20(25)19-8-9-22-26-19)17-6-3-14-11-15(21)4-7-18(14)23-17/h2-11H,1H3,(H,24,25). The zero-order valence-electron chi connectivity index (χ0n) is 13.9. The fourth-order valence-corrected chi connectivity index (χ4v) is 2.74. The Morgan fingerprint density at radius 2 is 1.96 bits per heavy atom. The fraction of sp³-hybridized carbons (Fsp3) is 0.0500. The zero-order chi connectivity index (χ0) is 18.1. The molecule has 6 heteroatoms. The molecule has 4 aromatic rings. The van der Waals surface area contributed by atoms with Crippen molar-refractivity contribution in [1.82, 2.24) is 10.1 Å². The van der Waals surface area contributed by atoms with Crippen molar-refractivity contribution in [3.05, 3.63) is 77.9 Å². The summed E-state index contributed by atoms with van der Waals surface area (Å²) in [5, 5.41) is 7.07. The van der Waals surface area contributed by atoms with Crippen molar-refractivity contribution >= 4 is 22.5 Å². The van der Waals surface area contributed by atoms with Crippen LogP contribution < -0.4 is 5.32 Å². The summed E-state index contributed by atoms with van der Waals surface area (Å²) < 4.78 is 18.1. The molecule has 1 N–H and O–H groups in total. The van der Waals surface area contributed by atoms with Crippen LogP contribution in [-0.4, -0.2) is 16.0 Å². The molecule has 0 unspecified atom stereocenters. The van der Waals surface area contributed by atoms with E-state index in [1.807, 2.05) is 37.3 Å². The molecular weight excluding hydrogens is 333 g/mol. The van der Waals surface area contributed by atoms with E-state index >= 15 is 0 Å². The smallest absolute Gasteiger partial charge is 0.294 e. The second-order valence-electron chi connectivity index (χ2n) is 5.89. The maximum atomic E-state index is 13.3. The van der Waals surface area contributed by atoms with E-state index in [0.717, 1.165) is 27.7 Å². The molecule has 4 rings (SSSR count). The lowest BCUT2D eigenvalue weighted by atomic mass is 10.1. The maximum absolute atomic E-state index is 13.3. The van der Waals surface area contributed by atoms with Crippen LogP contribution in [0.25, 0.3) is 22.2 Å². The van der Waals surface area contributed by atoms with Gasteiger partial charge in [-0.05, 0) is 48.9 Å². The van der Waals surface area contributed by atoms with Gasteiger partial charge in [0, 0.05) is 22.7 Å². The minimum atomic E-state index is -0.357. The summed E-state index contributed by atoms with van der Waals surface area (Å²) in [5.41, 5.74) is 3.98. The van der Waals surface area contributed by atoms with E-state index in [9.17, 15) is 9.18 Å². The van der Waals surface area contributed by atoms with Gasteiger partial charge in [-0.2, -0.15) is 0 Å². The Morgan fingerprint density at radius 1 is 1.08 bits per heavy atom. The Labute approximate surface area is 148 Å². The fourth-order valence-electron chi connectivity index (χ4n) is 2.74. The predicted molar refractivity (Wildman–Crippen MR) is 96.3 cm³/mol. The molecule has 0 saturated carbocycles. The molecule has 0 atom stereocenters. The number of hydrogen-bond donors (Lipinski definition) is 1. The second kappa shape index (κ2) is 6.40. The van der Waals surface area contributed by atoms with Gasteiger partial charge in [-0.3, -0.25) is 4.79 Å². The third-order valence-electron chi connectivity index (χ3n) is 4.08. The highest BCUT2D eigenvalue weighted by Crippen LogP contribution is 2.26. The van der Waals surface area contributed by atoms with Crippen molar-refractivity contribution in [2.24, 2.45) is 0 Å². The molecule has 0 aliphatic carbocycles. The number of aromatic nitrogens is 2. The van der Waals surface area contributed by atoms with Gasteiger partial charge < -0.3 is 9.84 Å². The highest BCUT2D eigenvalue weighted by atomic mass is 19.1. The van der Waals surface area contributed by atoms with Crippen LogP contribution in [0.2, 0.25) is 0 Å². The summed E-state index contributed by atoms with van der Waals surface area (Å²) in [6.07, 6.45) is 1.42. The number of halogens is 1. The number of rotatable bonds is 3. The van der Waals surface area contributed by atoms with Gasteiger partial charge in [0.05, 0.1) is 17.4 Å². The van der Waals surface area contributed by atoms with Gasteiger partial charge in [-0.15, -0.1) is 0 Å². The lowest BCUT2D eigenvalue weighted by molar-refractivity contribution is 0.0988. The van der Waals surface area contributed by atoms with Crippen molar-refractivity contribution < 1.29 is 13.7 Å². The summed E-state index contributed by atoms with van der Waals surface area (Å²) in [7, 11) is 0. The van der Waals surface area contributed by atoms with Crippen molar-refractivity contribution in [3.8, 4) is 11.3 Å². The Bertz CT molecular complexity index is 1110. The van der Waals surface area contributed by atoms with Crippen LogP contribution in [0.1, 0.15) is 16.1 Å². The number of fused-ring (bicyclic) bond motifs is 1. The number of nitrogens with one attached hydrogen (secondary N) is 1. The zero-order valence-corrected chi connectivity index (χ0v) is 13.9. The van der Waals surface area contributed by atoms with Crippen LogP contribution in [0.3, 0.4) is 0 Å². The Morgan fingerprint density at radius 3 is 2.73 bits per heavy atom. The van der Waals surface area contributed by atoms with E-state index in [4.69, 9.17) is 4.52 Å². The molecule has 0 aliphatic rings. The van der Waals surface area contributed by atoms with E-state index in [0.29, 0.717) is 5.69 Å². The van der Waals surface area contributed by atoms with Crippen molar-refractivity contribution in [3.63, 3.8) is 0 Å². The molecule has 0 bridgehead atoms. The van der Waals surface area contributed by atoms with E-state index < -0.39 is 0 Å². The normalized spacial score (nSPS) is 10.8. The van der Waals surface area contributed by atoms with E-state index in [1.165, 1.54) is 24.4 Å². The summed E-state index contributed by atoms with van der Waals surface area (Å²) in [4.78, 5) is 16.7. The highest BCUT2D eigenvalue weighted by molar-refractivity contribution is 6.02. The highest BCUT2D eigenvalue weighted by Gasteiger charge is 2.12. The van der Waals surface area contributed by atoms with E-state index in [-0.39, 0.29) is 17.5 Å². The first-order chi connectivity index (χ1) is 12.6. The van der Waals surface area contributed by atoms with Crippen LogP contribution in [0.4, 0.5) is 10.1 Å². The topological polar surface area (TPSA) is 68.0 Å². The number of carbonyl (C=O) groups is 1. The van der Waals surface area contributed by atoms with Gasteiger partial charge in [0.1, 0.15) is 5.82 Å². The molecule has 5 nitrogen and oxygen atoms in total. The largest absolute Gasteiger partial charge is 0.351 e. The molecule has 2 aromatic heterocycles. The first-order valence-corrected chi connectivity index (χ1v) is 7.99. The molecule has 2 heterocycles.